The molecule has 7 nitrogen and oxygen atoms in total. The van der Waals surface area contributed by atoms with Crippen LogP contribution < -0.4 is 0 Å². The maximum Gasteiger partial charge on any atom is 0.410 e. The number of hydrogen-bond donors (Lipinski definition) is 0. The molecule has 1 saturated heterocycles. The molecule has 3 heterocycles. The molecular formula is C22H26ClN5O2. The number of aromatic nitrogens is 4. The fraction of sp³-hybridized carbons (Fsp3) is 0.500. The number of rotatable bonds is 2. The number of aryl methyl sites for hydroxylation is 1. The van der Waals surface area contributed by atoms with Crippen LogP contribution in [0.25, 0.3) is 16.6 Å². The average Bonchev–Trinajstić information content (AvgIpc) is 3.16. The SMILES string of the molecule is Cn1cc(-n2ncc3cc(Cl)c(C4CC5(C4)CN(C(=O)OC(C)(C)C)C5)cc32)cn1. The van der Waals surface area contributed by atoms with Crippen LogP contribution in [0.4, 0.5) is 4.79 Å². The van der Waals surface area contributed by atoms with E-state index in [4.69, 9.17) is 16.3 Å². The number of benzene rings is 1. The number of fused-ring (bicyclic) bond motifs is 1. The summed E-state index contributed by atoms with van der Waals surface area (Å²) in [5, 5.41) is 10.6. The quantitative estimate of drug-likeness (QED) is 0.602. The molecule has 0 bridgehead atoms. The van der Waals surface area contributed by atoms with Crippen molar-refractivity contribution >= 4 is 28.6 Å². The van der Waals surface area contributed by atoms with Crippen LogP contribution >= 0.6 is 11.6 Å². The third-order valence-corrected chi connectivity index (χ3v) is 6.45. The van der Waals surface area contributed by atoms with Gasteiger partial charge in [-0.25, -0.2) is 9.48 Å². The molecule has 8 heteroatoms. The van der Waals surface area contributed by atoms with Gasteiger partial charge in [-0.15, -0.1) is 0 Å². The number of hydrogen-bond acceptors (Lipinski definition) is 4. The van der Waals surface area contributed by atoms with Gasteiger partial charge in [-0.2, -0.15) is 10.2 Å². The zero-order chi connectivity index (χ0) is 21.3. The number of likely N-dealkylation sites (tertiary alicyclic amines) is 1. The van der Waals surface area contributed by atoms with Crippen LogP contribution in [-0.2, 0) is 11.8 Å². The monoisotopic (exact) mass is 427 g/mol. The second-order valence-corrected chi connectivity index (χ2v) is 10.2. The molecule has 1 amide bonds. The third kappa shape index (κ3) is 3.25. The minimum absolute atomic E-state index is 0.212. The zero-order valence-electron chi connectivity index (χ0n) is 17.7. The van der Waals surface area contributed by atoms with E-state index in [1.807, 2.05) is 55.9 Å². The average molecular weight is 428 g/mol. The van der Waals surface area contributed by atoms with Crippen molar-refractivity contribution in [2.75, 3.05) is 13.1 Å². The van der Waals surface area contributed by atoms with Gasteiger partial charge in [0.25, 0.3) is 0 Å². The highest BCUT2D eigenvalue weighted by atomic mass is 35.5. The lowest BCUT2D eigenvalue weighted by Crippen LogP contribution is -2.63. The highest BCUT2D eigenvalue weighted by molar-refractivity contribution is 6.32. The van der Waals surface area contributed by atoms with Crippen molar-refractivity contribution in [1.82, 2.24) is 24.5 Å². The maximum absolute atomic E-state index is 12.2. The molecule has 2 aromatic heterocycles. The highest BCUT2D eigenvalue weighted by Gasteiger charge is 2.54. The van der Waals surface area contributed by atoms with Gasteiger partial charge in [0.2, 0.25) is 0 Å². The number of carbonyl (C=O) groups is 1. The molecule has 1 spiro atoms. The molecule has 3 aromatic rings. The maximum atomic E-state index is 12.2. The van der Waals surface area contributed by atoms with E-state index in [1.54, 1.807) is 10.9 Å². The van der Waals surface area contributed by atoms with Crippen LogP contribution in [0.3, 0.4) is 0 Å². The Balaban J connectivity index is 1.31. The van der Waals surface area contributed by atoms with Crippen LogP contribution in [0.5, 0.6) is 0 Å². The van der Waals surface area contributed by atoms with Gasteiger partial charge in [-0.1, -0.05) is 11.6 Å². The number of ether oxygens (including phenoxy) is 1. The summed E-state index contributed by atoms with van der Waals surface area (Å²) in [6, 6.07) is 4.17. The number of nitrogens with zero attached hydrogens (tertiary/aromatic N) is 5. The Morgan fingerprint density at radius 1 is 1.20 bits per heavy atom. The molecule has 2 fully saturated rings. The second kappa shape index (κ2) is 6.48. The molecule has 0 atom stereocenters. The first-order valence-corrected chi connectivity index (χ1v) is 10.6. The minimum Gasteiger partial charge on any atom is -0.444 e. The van der Waals surface area contributed by atoms with Crippen LogP contribution in [0, 0.1) is 5.41 Å². The molecule has 30 heavy (non-hydrogen) atoms. The molecule has 0 unspecified atom stereocenters. The van der Waals surface area contributed by atoms with Crippen molar-refractivity contribution in [2.24, 2.45) is 12.5 Å². The second-order valence-electron chi connectivity index (χ2n) is 9.80. The Labute approximate surface area is 180 Å². The van der Waals surface area contributed by atoms with Gasteiger partial charge in [-0.3, -0.25) is 4.68 Å². The van der Waals surface area contributed by atoms with E-state index in [9.17, 15) is 4.79 Å². The van der Waals surface area contributed by atoms with E-state index in [1.165, 1.54) is 0 Å². The van der Waals surface area contributed by atoms with E-state index in [-0.39, 0.29) is 11.5 Å². The Morgan fingerprint density at radius 3 is 2.57 bits per heavy atom. The van der Waals surface area contributed by atoms with E-state index in [2.05, 4.69) is 16.3 Å². The number of carbonyl (C=O) groups excluding carboxylic acids is 1. The van der Waals surface area contributed by atoms with Gasteiger partial charge in [0.15, 0.2) is 0 Å². The predicted octanol–water partition coefficient (Wildman–Crippen LogP) is 4.53. The normalized spacial score (nSPS) is 18.5. The summed E-state index contributed by atoms with van der Waals surface area (Å²) in [6.45, 7) is 7.23. The minimum atomic E-state index is -0.456. The fourth-order valence-electron chi connectivity index (χ4n) is 4.78. The summed E-state index contributed by atoms with van der Waals surface area (Å²) in [6.07, 6.45) is 7.45. The molecule has 5 rings (SSSR count). The van der Waals surface area contributed by atoms with E-state index in [0.717, 1.165) is 53.1 Å². The molecule has 1 aliphatic carbocycles. The first-order chi connectivity index (χ1) is 14.1. The molecule has 0 radical (unpaired) electrons. The van der Waals surface area contributed by atoms with Gasteiger partial charge in [0.05, 0.1) is 24.1 Å². The van der Waals surface area contributed by atoms with Crippen LogP contribution in [0.1, 0.15) is 45.1 Å². The lowest BCUT2D eigenvalue weighted by molar-refractivity contribution is -0.0785. The summed E-state index contributed by atoms with van der Waals surface area (Å²) in [5.74, 6) is 0.403. The van der Waals surface area contributed by atoms with E-state index in [0.29, 0.717) is 5.92 Å². The Bertz CT molecular complexity index is 1130. The lowest BCUT2D eigenvalue weighted by Gasteiger charge is -2.59. The van der Waals surface area contributed by atoms with Crippen LogP contribution in [0.15, 0.2) is 30.7 Å². The fourth-order valence-corrected chi connectivity index (χ4v) is 5.11. The van der Waals surface area contributed by atoms with Crippen molar-refractivity contribution in [1.29, 1.82) is 0 Å². The summed E-state index contributed by atoms with van der Waals surface area (Å²) in [7, 11) is 1.89. The zero-order valence-corrected chi connectivity index (χ0v) is 18.5. The van der Waals surface area contributed by atoms with Crippen molar-refractivity contribution in [3.63, 3.8) is 0 Å². The Hall–Kier alpha value is -2.54. The highest BCUT2D eigenvalue weighted by Crippen LogP contribution is 2.57. The Morgan fingerprint density at radius 2 is 1.93 bits per heavy atom. The van der Waals surface area contributed by atoms with Crippen molar-refractivity contribution < 1.29 is 9.53 Å². The first-order valence-electron chi connectivity index (χ1n) is 10.3. The van der Waals surface area contributed by atoms with Crippen molar-refractivity contribution in [2.45, 2.75) is 45.1 Å². The van der Waals surface area contributed by atoms with Gasteiger partial charge in [-0.05, 0) is 57.2 Å². The Kier molecular flexibility index (Phi) is 4.19. The van der Waals surface area contributed by atoms with Gasteiger partial charge in [0.1, 0.15) is 11.3 Å². The molecule has 1 aliphatic heterocycles. The molecule has 0 N–H and O–H groups in total. The van der Waals surface area contributed by atoms with Crippen LogP contribution in [-0.4, -0.2) is 49.2 Å². The predicted molar refractivity (Wildman–Crippen MR) is 115 cm³/mol. The van der Waals surface area contributed by atoms with Gasteiger partial charge in [0, 0.05) is 36.0 Å². The van der Waals surface area contributed by atoms with E-state index < -0.39 is 5.60 Å². The summed E-state index contributed by atoms with van der Waals surface area (Å²) in [5.41, 5.74) is 2.88. The summed E-state index contributed by atoms with van der Waals surface area (Å²) < 4.78 is 9.15. The first kappa shape index (κ1) is 19.4. The van der Waals surface area contributed by atoms with Gasteiger partial charge < -0.3 is 9.64 Å². The van der Waals surface area contributed by atoms with Crippen LogP contribution in [0.2, 0.25) is 5.02 Å². The molecule has 2 aliphatic rings. The number of amides is 1. The summed E-state index contributed by atoms with van der Waals surface area (Å²) in [4.78, 5) is 14.0. The number of halogens is 1. The van der Waals surface area contributed by atoms with Crippen molar-refractivity contribution in [3.05, 3.63) is 41.3 Å². The molecule has 1 aromatic carbocycles. The molecule has 1 saturated carbocycles. The van der Waals surface area contributed by atoms with Gasteiger partial charge >= 0.3 is 6.09 Å². The van der Waals surface area contributed by atoms with E-state index >= 15 is 0 Å². The van der Waals surface area contributed by atoms with Crippen molar-refractivity contribution in [3.8, 4) is 5.69 Å². The third-order valence-electron chi connectivity index (χ3n) is 6.13. The largest absolute Gasteiger partial charge is 0.444 e. The smallest absolute Gasteiger partial charge is 0.410 e. The lowest BCUT2D eigenvalue weighted by atomic mass is 9.56. The summed E-state index contributed by atoms with van der Waals surface area (Å²) >= 11 is 6.64. The standard InChI is InChI=1S/C22H26ClN5O2/c1-21(2,3)30-20(29)27-12-22(13-27)7-15(8-22)17-6-19-14(5-18(17)23)9-25-28(19)16-10-24-26(4)11-16/h5-6,9-11,15H,7-8,12-13H2,1-4H3. The topological polar surface area (TPSA) is 65.2 Å². The molecule has 158 valence electrons. The molecular weight excluding hydrogens is 402 g/mol.